The molecule has 0 spiro atoms. The van der Waals surface area contributed by atoms with Crippen molar-refractivity contribution < 1.29 is 0 Å². The average molecular weight is 271 g/mol. The lowest BCUT2D eigenvalue weighted by atomic mass is 10.1. The lowest BCUT2D eigenvalue weighted by Gasteiger charge is -2.24. The van der Waals surface area contributed by atoms with E-state index in [1.807, 2.05) is 0 Å². The van der Waals surface area contributed by atoms with Crippen LogP contribution in [0, 0.1) is 0 Å². The summed E-state index contributed by atoms with van der Waals surface area (Å²) < 4.78 is 0. The predicted molar refractivity (Wildman–Crippen MR) is 82.7 cm³/mol. The first-order chi connectivity index (χ1) is 9.11. The van der Waals surface area contributed by atoms with Crippen LogP contribution in [0.1, 0.15) is 27.7 Å². The third kappa shape index (κ3) is 7.22. The van der Waals surface area contributed by atoms with Crippen molar-refractivity contribution in [2.24, 2.45) is 0 Å². The molecule has 0 unspecified atom stereocenters. The molecule has 1 aliphatic heterocycles. The van der Waals surface area contributed by atoms with E-state index in [0.29, 0.717) is 24.2 Å². The van der Waals surface area contributed by atoms with E-state index in [1.165, 1.54) is 0 Å². The van der Waals surface area contributed by atoms with Crippen LogP contribution in [-0.4, -0.2) is 63.4 Å². The molecule has 1 aliphatic rings. The number of nitrogens with one attached hydrogen (secondary N) is 5. The van der Waals surface area contributed by atoms with Crippen molar-refractivity contribution in [1.82, 2.24) is 26.6 Å². The molecule has 19 heavy (non-hydrogen) atoms. The topological polar surface area (TPSA) is 60.1 Å². The van der Waals surface area contributed by atoms with Gasteiger partial charge >= 0.3 is 0 Å². The van der Waals surface area contributed by atoms with E-state index in [0.717, 1.165) is 39.3 Å². The molecular weight excluding hydrogens is 238 g/mol. The molecule has 0 saturated carbocycles. The van der Waals surface area contributed by atoms with Crippen LogP contribution in [0.5, 0.6) is 0 Å². The summed E-state index contributed by atoms with van der Waals surface area (Å²) in [5, 5.41) is 17.7. The van der Waals surface area contributed by atoms with Gasteiger partial charge in [0.15, 0.2) is 0 Å². The quantitative estimate of drug-likeness (QED) is 0.411. The Kier molecular flexibility index (Phi) is 8.57. The van der Waals surface area contributed by atoms with E-state index >= 15 is 0 Å². The third-order valence-electron chi connectivity index (χ3n) is 4.09. The van der Waals surface area contributed by atoms with Crippen LogP contribution in [0.2, 0.25) is 0 Å². The van der Waals surface area contributed by atoms with E-state index in [9.17, 15) is 0 Å². The largest absolute Gasteiger partial charge is 0.314 e. The van der Waals surface area contributed by atoms with Crippen molar-refractivity contribution in [2.45, 2.75) is 51.9 Å². The van der Waals surface area contributed by atoms with Crippen molar-refractivity contribution in [2.75, 3.05) is 39.3 Å². The lowest BCUT2D eigenvalue weighted by molar-refractivity contribution is 0.388. The molecule has 5 nitrogen and oxygen atoms in total. The van der Waals surface area contributed by atoms with Crippen LogP contribution in [0.25, 0.3) is 0 Å². The molecule has 0 aromatic rings. The van der Waals surface area contributed by atoms with Gasteiger partial charge in [0.25, 0.3) is 0 Å². The maximum atomic E-state index is 3.57. The summed E-state index contributed by atoms with van der Waals surface area (Å²) in [5.74, 6) is 0. The highest BCUT2D eigenvalue weighted by Gasteiger charge is 2.13. The van der Waals surface area contributed by atoms with E-state index in [-0.39, 0.29) is 0 Å². The molecule has 0 bridgehead atoms. The second-order valence-electron chi connectivity index (χ2n) is 5.72. The molecule has 1 fully saturated rings. The summed E-state index contributed by atoms with van der Waals surface area (Å²) >= 11 is 0. The Balaban J connectivity index is 2.37. The van der Waals surface area contributed by atoms with E-state index in [1.54, 1.807) is 0 Å². The number of hydrogen-bond acceptors (Lipinski definition) is 5. The van der Waals surface area contributed by atoms with Gasteiger partial charge in [-0.2, -0.15) is 0 Å². The van der Waals surface area contributed by atoms with Crippen LogP contribution >= 0.6 is 0 Å². The molecule has 5 N–H and O–H groups in total. The molecule has 5 heteroatoms. The Hall–Kier alpha value is -0.200. The Morgan fingerprint density at radius 2 is 0.737 bits per heavy atom. The van der Waals surface area contributed by atoms with Gasteiger partial charge in [-0.15, -0.1) is 0 Å². The standard InChI is InChI=1S/C14H33N5/c1-11-13(3)18-9-10-19-14(4)12(2)17-8-6-15-5-7-16-11/h11-19H,5-10H2,1-4H3/t11-,12-,13-,14-/m1/s1. The highest BCUT2D eigenvalue weighted by atomic mass is 15.1. The van der Waals surface area contributed by atoms with E-state index in [2.05, 4.69) is 54.3 Å². The van der Waals surface area contributed by atoms with Crippen LogP contribution < -0.4 is 26.6 Å². The van der Waals surface area contributed by atoms with Crippen LogP contribution in [0.4, 0.5) is 0 Å². The van der Waals surface area contributed by atoms with Crippen molar-refractivity contribution >= 4 is 0 Å². The van der Waals surface area contributed by atoms with E-state index < -0.39 is 0 Å². The Bertz CT molecular complexity index is 202. The monoisotopic (exact) mass is 271 g/mol. The van der Waals surface area contributed by atoms with Gasteiger partial charge in [-0.05, 0) is 27.7 Å². The van der Waals surface area contributed by atoms with Gasteiger partial charge < -0.3 is 26.6 Å². The molecule has 1 heterocycles. The van der Waals surface area contributed by atoms with Gasteiger partial charge in [-0.1, -0.05) is 0 Å². The van der Waals surface area contributed by atoms with Crippen LogP contribution in [0.3, 0.4) is 0 Å². The van der Waals surface area contributed by atoms with Crippen molar-refractivity contribution in [3.05, 3.63) is 0 Å². The molecular formula is C14H33N5. The molecule has 0 aliphatic carbocycles. The van der Waals surface area contributed by atoms with Crippen LogP contribution in [0.15, 0.2) is 0 Å². The minimum absolute atomic E-state index is 0.498. The summed E-state index contributed by atoms with van der Waals surface area (Å²) in [4.78, 5) is 0. The van der Waals surface area contributed by atoms with Gasteiger partial charge in [-0.3, -0.25) is 0 Å². The fourth-order valence-corrected chi connectivity index (χ4v) is 2.21. The molecule has 0 radical (unpaired) electrons. The zero-order chi connectivity index (χ0) is 14.1. The molecule has 4 atom stereocenters. The first-order valence-corrected chi connectivity index (χ1v) is 7.75. The summed E-state index contributed by atoms with van der Waals surface area (Å²) in [6, 6.07) is 2.00. The van der Waals surface area contributed by atoms with Gasteiger partial charge in [0.2, 0.25) is 0 Å². The first kappa shape index (κ1) is 16.9. The van der Waals surface area contributed by atoms with Gasteiger partial charge in [0.1, 0.15) is 0 Å². The Morgan fingerprint density at radius 3 is 1.05 bits per heavy atom. The predicted octanol–water partition coefficient (Wildman–Crippen LogP) is -0.498. The highest BCUT2D eigenvalue weighted by molar-refractivity contribution is 4.78. The van der Waals surface area contributed by atoms with Gasteiger partial charge in [0.05, 0.1) is 0 Å². The molecule has 1 rings (SSSR count). The molecule has 1 saturated heterocycles. The second kappa shape index (κ2) is 9.66. The van der Waals surface area contributed by atoms with E-state index in [4.69, 9.17) is 0 Å². The Labute approximate surface area is 118 Å². The SMILES string of the molecule is C[C@H]1NCCNCCN[C@H](C)[C@@H](C)NCCN[C@@H]1C. The summed E-state index contributed by atoms with van der Waals surface area (Å²) in [5.41, 5.74) is 0. The molecule has 0 aromatic heterocycles. The van der Waals surface area contributed by atoms with Crippen molar-refractivity contribution in [3.8, 4) is 0 Å². The minimum Gasteiger partial charge on any atom is -0.314 e. The maximum absolute atomic E-state index is 3.57. The maximum Gasteiger partial charge on any atom is 0.0190 e. The van der Waals surface area contributed by atoms with Crippen molar-refractivity contribution in [1.29, 1.82) is 0 Å². The molecule has 0 aromatic carbocycles. The second-order valence-corrected chi connectivity index (χ2v) is 5.72. The van der Waals surface area contributed by atoms with Gasteiger partial charge in [0, 0.05) is 63.4 Å². The summed E-state index contributed by atoms with van der Waals surface area (Å²) in [6.07, 6.45) is 0. The highest BCUT2D eigenvalue weighted by Crippen LogP contribution is 1.93. The van der Waals surface area contributed by atoms with Crippen LogP contribution in [-0.2, 0) is 0 Å². The summed E-state index contributed by atoms with van der Waals surface area (Å²) in [7, 11) is 0. The lowest BCUT2D eigenvalue weighted by Crippen LogP contribution is -2.49. The normalized spacial score (nSPS) is 37.3. The molecule has 0 amide bonds. The smallest absolute Gasteiger partial charge is 0.0190 e. The fraction of sp³-hybridized carbons (Fsp3) is 1.00. The Morgan fingerprint density at radius 1 is 0.474 bits per heavy atom. The number of hydrogen-bond donors (Lipinski definition) is 5. The third-order valence-corrected chi connectivity index (χ3v) is 4.09. The average Bonchev–Trinajstić information content (AvgIpc) is 2.40. The molecule has 114 valence electrons. The first-order valence-electron chi connectivity index (χ1n) is 7.75. The summed E-state index contributed by atoms with van der Waals surface area (Å²) in [6.45, 7) is 15.1. The zero-order valence-corrected chi connectivity index (χ0v) is 13.1. The zero-order valence-electron chi connectivity index (χ0n) is 13.1. The minimum atomic E-state index is 0.498. The fourth-order valence-electron chi connectivity index (χ4n) is 2.21. The van der Waals surface area contributed by atoms with Gasteiger partial charge in [-0.25, -0.2) is 0 Å². The number of rotatable bonds is 0. The van der Waals surface area contributed by atoms with Crippen molar-refractivity contribution in [3.63, 3.8) is 0 Å².